The number of hydrogen-bond donors (Lipinski definition) is 4. The number of hydrogen-bond acceptors (Lipinski definition) is 7. The van der Waals surface area contributed by atoms with Crippen molar-refractivity contribution < 1.29 is 17.6 Å². The van der Waals surface area contributed by atoms with Gasteiger partial charge in [0.15, 0.2) is 0 Å². The van der Waals surface area contributed by atoms with Gasteiger partial charge in [0.05, 0.1) is 46.8 Å². The fourth-order valence-corrected chi connectivity index (χ4v) is 5.45. The van der Waals surface area contributed by atoms with Gasteiger partial charge in [-0.2, -0.15) is 5.10 Å². The van der Waals surface area contributed by atoms with Crippen molar-refractivity contribution in [2.45, 2.75) is 19.4 Å². The van der Waals surface area contributed by atoms with Gasteiger partial charge in [-0.15, -0.1) is 0 Å². The minimum Gasteiger partial charge on any atom is -0.352 e. The van der Waals surface area contributed by atoms with Crippen molar-refractivity contribution in [2.24, 2.45) is 5.92 Å². The molecule has 1 amide bonds. The maximum absolute atomic E-state index is 14.6. The molecule has 216 valence electrons. The highest BCUT2D eigenvalue weighted by Crippen LogP contribution is 2.35. The Bertz CT molecular complexity index is 2150. The fourth-order valence-electron chi connectivity index (χ4n) is 5.02. The molecule has 6 aromatic rings. The monoisotopic (exact) mass is 596 g/mol. The van der Waals surface area contributed by atoms with Crippen molar-refractivity contribution in [2.75, 3.05) is 11.6 Å². The van der Waals surface area contributed by atoms with Crippen LogP contribution in [0.2, 0.25) is 0 Å². The number of sulfonamides is 1. The van der Waals surface area contributed by atoms with Crippen LogP contribution >= 0.6 is 0 Å². The molecule has 1 aliphatic carbocycles. The van der Waals surface area contributed by atoms with E-state index in [1.54, 1.807) is 30.9 Å². The molecule has 0 bridgehead atoms. The van der Waals surface area contributed by atoms with Crippen molar-refractivity contribution in [3.63, 3.8) is 0 Å². The number of anilines is 1. The van der Waals surface area contributed by atoms with E-state index in [0.29, 0.717) is 50.5 Å². The largest absolute Gasteiger partial charge is 0.352 e. The van der Waals surface area contributed by atoms with Crippen LogP contribution in [0.25, 0.3) is 55.7 Å². The van der Waals surface area contributed by atoms with E-state index in [1.165, 1.54) is 12.1 Å². The van der Waals surface area contributed by atoms with Crippen molar-refractivity contribution in [3.05, 3.63) is 78.6 Å². The number of aromatic amines is 2. The van der Waals surface area contributed by atoms with Gasteiger partial charge >= 0.3 is 0 Å². The number of aromatic nitrogens is 6. The molecule has 13 heteroatoms. The summed E-state index contributed by atoms with van der Waals surface area (Å²) >= 11 is 0. The zero-order valence-electron chi connectivity index (χ0n) is 22.8. The molecule has 5 aromatic heterocycles. The summed E-state index contributed by atoms with van der Waals surface area (Å²) in [5.74, 6) is -0.401. The molecule has 43 heavy (non-hydrogen) atoms. The highest BCUT2D eigenvalue weighted by Gasteiger charge is 2.29. The molecule has 1 aromatic carbocycles. The molecular formula is C30H25FN8O3S. The summed E-state index contributed by atoms with van der Waals surface area (Å²) in [5.41, 5.74) is 7.08. The molecule has 1 aliphatic rings. The van der Waals surface area contributed by atoms with Gasteiger partial charge in [-0.25, -0.2) is 22.5 Å². The highest BCUT2D eigenvalue weighted by atomic mass is 32.2. The topological polar surface area (TPSA) is 158 Å². The molecule has 0 saturated heterocycles. The number of fused-ring (bicyclic) bond motifs is 2. The maximum atomic E-state index is 14.6. The first-order valence-electron chi connectivity index (χ1n) is 13.5. The van der Waals surface area contributed by atoms with E-state index >= 15 is 0 Å². The number of carbonyl (C=O) groups excluding carboxylic acids is 1. The number of nitrogens with zero attached hydrogens (tertiary/aromatic N) is 4. The van der Waals surface area contributed by atoms with Crippen LogP contribution < -0.4 is 10.0 Å². The van der Waals surface area contributed by atoms with Crippen LogP contribution in [-0.2, 0) is 21.4 Å². The lowest BCUT2D eigenvalue weighted by Gasteiger charge is -2.08. The predicted octanol–water partition coefficient (Wildman–Crippen LogP) is 4.77. The standard InChI is InChI=1S/C30H25FN8O3S/c1-43(41,42)34-11-16-6-18(8-20(31)7-16)23-14-33-15-27-22(23)10-26(36-27)29-28-25(38-39-29)5-4-24(37-28)19-9-21(13-32-12-19)35-30(40)17-2-3-17/h4-10,12-15,17,34,36H,2-3,11H2,1H3,(H,35,40)(H,38,39). The number of benzene rings is 1. The summed E-state index contributed by atoms with van der Waals surface area (Å²) in [5, 5.41) is 11.3. The van der Waals surface area contributed by atoms with Crippen LogP contribution in [0.3, 0.4) is 0 Å². The highest BCUT2D eigenvalue weighted by molar-refractivity contribution is 7.88. The summed E-state index contributed by atoms with van der Waals surface area (Å²) in [7, 11) is -3.44. The Balaban J connectivity index is 1.25. The number of carbonyl (C=O) groups is 1. The second kappa shape index (κ2) is 10.4. The molecule has 4 N–H and O–H groups in total. The van der Waals surface area contributed by atoms with E-state index in [9.17, 15) is 17.6 Å². The molecule has 0 atom stereocenters. The van der Waals surface area contributed by atoms with Crippen LogP contribution in [-0.4, -0.2) is 50.7 Å². The van der Waals surface area contributed by atoms with Gasteiger partial charge in [0.25, 0.3) is 0 Å². The Labute approximate surface area is 245 Å². The molecule has 7 rings (SSSR count). The smallest absolute Gasteiger partial charge is 0.227 e. The number of amides is 1. The van der Waals surface area contributed by atoms with Gasteiger partial charge in [0.2, 0.25) is 15.9 Å². The van der Waals surface area contributed by atoms with Crippen LogP contribution in [0.4, 0.5) is 10.1 Å². The average Bonchev–Trinajstić information content (AvgIpc) is 3.61. The lowest BCUT2D eigenvalue weighted by molar-refractivity contribution is -0.117. The second-order valence-corrected chi connectivity index (χ2v) is 12.5. The molecule has 0 spiro atoms. The Morgan fingerprint density at radius 2 is 1.84 bits per heavy atom. The Morgan fingerprint density at radius 1 is 1.00 bits per heavy atom. The number of halogens is 1. The van der Waals surface area contributed by atoms with Gasteiger partial charge in [-0.1, -0.05) is 0 Å². The van der Waals surface area contributed by atoms with E-state index < -0.39 is 15.8 Å². The van der Waals surface area contributed by atoms with Crippen LogP contribution in [0, 0.1) is 11.7 Å². The Kier molecular flexibility index (Phi) is 6.47. The Hall–Kier alpha value is -5.01. The molecule has 0 unspecified atom stereocenters. The first kappa shape index (κ1) is 26.9. The summed E-state index contributed by atoms with van der Waals surface area (Å²) < 4.78 is 40.1. The van der Waals surface area contributed by atoms with Gasteiger partial charge in [-0.3, -0.25) is 19.9 Å². The third-order valence-corrected chi connectivity index (χ3v) is 7.93. The number of rotatable bonds is 8. The van der Waals surface area contributed by atoms with E-state index in [0.717, 1.165) is 35.6 Å². The normalized spacial score (nSPS) is 13.5. The third kappa shape index (κ3) is 5.59. The van der Waals surface area contributed by atoms with Gasteiger partial charge in [0.1, 0.15) is 17.0 Å². The summed E-state index contributed by atoms with van der Waals surface area (Å²) in [6.07, 6.45) is 9.51. The minimum absolute atomic E-state index is 0.00666. The average molecular weight is 597 g/mol. The lowest BCUT2D eigenvalue weighted by Crippen LogP contribution is -2.21. The molecular weight excluding hydrogens is 571 g/mol. The summed E-state index contributed by atoms with van der Waals surface area (Å²) in [4.78, 5) is 29.1. The maximum Gasteiger partial charge on any atom is 0.227 e. The minimum atomic E-state index is -3.44. The van der Waals surface area contributed by atoms with Gasteiger partial charge in [0, 0.05) is 41.4 Å². The van der Waals surface area contributed by atoms with Crippen molar-refractivity contribution in [3.8, 4) is 33.8 Å². The molecule has 1 fully saturated rings. The zero-order chi connectivity index (χ0) is 29.7. The first-order chi connectivity index (χ1) is 20.7. The third-order valence-electron chi connectivity index (χ3n) is 7.27. The van der Waals surface area contributed by atoms with Crippen LogP contribution in [0.15, 0.2) is 67.3 Å². The molecule has 0 aliphatic heterocycles. The Morgan fingerprint density at radius 3 is 2.65 bits per heavy atom. The molecule has 11 nitrogen and oxygen atoms in total. The van der Waals surface area contributed by atoms with Crippen molar-refractivity contribution >= 4 is 43.6 Å². The van der Waals surface area contributed by atoms with E-state index in [1.807, 2.05) is 24.3 Å². The van der Waals surface area contributed by atoms with Crippen LogP contribution in [0.1, 0.15) is 18.4 Å². The number of H-pyrrole nitrogens is 2. The second-order valence-electron chi connectivity index (χ2n) is 10.7. The molecule has 1 saturated carbocycles. The molecule has 0 radical (unpaired) electrons. The van der Waals surface area contributed by atoms with Gasteiger partial charge < -0.3 is 10.3 Å². The predicted molar refractivity (Wildman–Crippen MR) is 161 cm³/mol. The summed E-state index contributed by atoms with van der Waals surface area (Å²) in [6.45, 7) is -0.0377. The quantitative estimate of drug-likeness (QED) is 0.197. The zero-order valence-corrected chi connectivity index (χ0v) is 23.7. The van der Waals surface area contributed by atoms with E-state index in [4.69, 9.17) is 4.98 Å². The van der Waals surface area contributed by atoms with E-state index in [-0.39, 0.29) is 18.4 Å². The number of pyridine rings is 3. The van der Waals surface area contributed by atoms with E-state index in [2.05, 4.69) is 35.2 Å². The van der Waals surface area contributed by atoms with Crippen molar-refractivity contribution in [1.82, 2.24) is 34.9 Å². The SMILES string of the molecule is CS(=O)(=O)NCc1cc(F)cc(-c2cncc3[nH]c(-c4n[nH]c5ccc(-c6cncc(NC(=O)C7CC7)c6)nc45)cc23)c1. The summed E-state index contributed by atoms with van der Waals surface area (Å²) in [6, 6.07) is 11.9. The van der Waals surface area contributed by atoms with Crippen molar-refractivity contribution in [1.29, 1.82) is 0 Å². The first-order valence-corrected chi connectivity index (χ1v) is 15.4. The lowest BCUT2D eigenvalue weighted by atomic mass is 10.0. The molecule has 5 heterocycles. The van der Waals surface area contributed by atoms with Gasteiger partial charge in [-0.05, 0) is 66.4 Å². The van der Waals surface area contributed by atoms with Crippen LogP contribution in [0.5, 0.6) is 0 Å². The fraction of sp³-hybridized carbons (Fsp3) is 0.167. The number of nitrogens with one attached hydrogen (secondary N) is 4.